The van der Waals surface area contributed by atoms with E-state index in [0.717, 1.165) is 0 Å². The third-order valence-corrected chi connectivity index (χ3v) is 3.04. The van der Waals surface area contributed by atoms with E-state index in [1.165, 1.54) is 5.56 Å². The van der Waals surface area contributed by atoms with Gasteiger partial charge < -0.3 is 5.32 Å². The van der Waals surface area contributed by atoms with Crippen molar-refractivity contribution in [2.24, 2.45) is 5.92 Å². The van der Waals surface area contributed by atoms with E-state index in [-0.39, 0.29) is 17.7 Å². The summed E-state index contributed by atoms with van der Waals surface area (Å²) in [6.07, 6.45) is 11.3. The van der Waals surface area contributed by atoms with Crippen LogP contribution in [0.1, 0.15) is 12.5 Å². The fourth-order valence-corrected chi connectivity index (χ4v) is 1.85. The average molecular weight is 239 g/mol. The summed E-state index contributed by atoms with van der Waals surface area (Å²) in [6.45, 7) is 1.94. The van der Waals surface area contributed by atoms with Gasteiger partial charge in [0.1, 0.15) is 0 Å². The third-order valence-electron chi connectivity index (χ3n) is 3.04. The summed E-state index contributed by atoms with van der Waals surface area (Å²) in [6, 6.07) is 10.2. The number of carbonyl (C=O) groups is 1. The molecule has 2 atom stereocenters. The Morgan fingerprint density at radius 3 is 2.72 bits per heavy atom. The highest BCUT2D eigenvalue weighted by Crippen LogP contribution is 2.11. The maximum Gasteiger partial charge on any atom is 0.162 e. The molecule has 0 aromatic heterocycles. The predicted molar refractivity (Wildman–Crippen MR) is 74.9 cm³/mol. The van der Waals surface area contributed by atoms with Crippen molar-refractivity contribution in [3.8, 4) is 0 Å². The van der Waals surface area contributed by atoms with Gasteiger partial charge in [0.15, 0.2) is 5.78 Å². The van der Waals surface area contributed by atoms with Crippen LogP contribution in [0.5, 0.6) is 0 Å². The molecule has 18 heavy (non-hydrogen) atoms. The number of benzene rings is 1. The first-order valence-electron chi connectivity index (χ1n) is 6.14. The van der Waals surface area contributed by atoms with Gasteiger partial charge in [-0.15, -0.1) is 0 Å². The van der Waals surface area contributed by atoms with E-state index in [4.69, 9.17) is 0 Å². The Bertz CT molecular complexity index is 485. The second-order valence-corrected chi connectivity index (χ2v) is 4.37. The minimum Gasteiger partial charge on any atom is -0.384 e. The van der Waals surface area contributed by atoms with Gasteiger partial charge in [-0.25, -0.2) is 0 Å². The summed E-state index contributed by atoms with van der Waals surface area (Å²) in [4.78, 5) is 11.5. The van der Waals surface area contributed by atoms with Gasteiger partial charge in [0.05, 0.1) is 6.04 Å². The highest BCUT2D eigenvalue weighted by molar-refractivity contribution is 5.93. The van der Waals surface area contributed by atoms with Gasteiger partial charge in [-0.05, 0) is 11.6 Å². The van der Waals surface area contributed by atoms with Crippen LogP contribution >= 0.6 is 0 Å². The molecule has 0 saturated carbocycles. The van der Waals surface area contributed by atoms with Gasteiger partial charge in [0.25, 0.3) is 0 Å². The molecule has 0 unspecified atom stereocenters. The first kappa shape index (κ1) is 12.4. The summed E-state index contributed by atoms with van der Waals surface area (Å²) in [5.74, 6) is 0.173. The largest absolute Gasteiger partial charge is 0.384 e. The Morgan fingerprint density at radius 1 is 1.17 bits per heavy atom. The lowest BCUT2D eigenvalue weighted by atomic mass is 9.94. The Morgan fingerprint density at radius 2 is 1.94 bits per heavy atom. The van der Waals surface area contributed by atoms with E-state index in [1.54, 1.807) is 12.3 Å². The smallest absolute Gasteiger partial charge is 0.162 e. The van der Waals surface area contributed by atoms with Crippen molar-refractivity contribution in [2.45, 2.75) is 13.0 Å². The maximum atomic E-state index is 11.5. The summed E-state index contributed by atoms with van der Waals surface area (Å²) >= 11 is 0. The monoisotopic (exact) mass is 239 g/mol. The molecule has 1 aliphatic rings. The van der Waals surface area contributed by atoms with Gasteiger partial charge in [0, 0.05) is 12.1 Å². The number of rotatable bonds is 3. The Kier molecular flexibility index (Phi) is 4.13. The lowest BCUT2D eigenvalue weighted by Gasteiger charge is -2.22. The number of nitrogens with one attached hydrogen (secondary N) is 1. The van der Waals surface area contributed by atoms with Crippen LogP contribution in [-0.4, -0.2) is 11.8 Å². The van der Waals surface area contributed by atoms with Crippen LogP contribution in [-0.2, 0) is 4.79 Å². The molecular formula is C16H17NO. The predicted octanol–water partition coefficient (Wildman–Crippen LogP) is 2.95. The first-order chi connectivity index (χ1) is 8.77. The van der Waals surface area contributed by atoms with Gasteiger partial charge in [-0.1, -0.05) is 61.6 Å². The van der Waals surface area contributed by atoms with Crippen LogP contribution in [0.3, 0.4) is 0 Å². The molecule has 0 radical (unpaired) electrons. The van der Waals surface area contributed by atoms with Gasteiger partial charge in [0.2, 0.25) is 0 Å². The molecule has 1 N–H and O–H groups in total. The SMILES string of the molecule is C[C@@H]1C(=O)C=CN[C@H]1/C=C/C=C/c1ccccc1. The molecule has 0 saturated heterocycles. The summed E-state index contributed by atoms with van der Waals surface area (Å²) < 4.78 is 0. The molecular weight excluding hydrogens is 222 g/mol. The van der Waals surface area contributed by atoms with E-state index in [9.17, 15) is 4.79 Å². The molecule has 0 fully saturated rings. The molecule has 1 aromatic carbocycles. The van der Waals surface area contributed by atoms with Crippen molar-refractivity contribution in [3.05, 3.63) is 66.4 Å². The standard InChI is InChI=1S/C16H17NO/c1-13-15(17-12-11-16(13)18)10-6-5-9-14-7-3-2-4-8-14/h2-13,15,17H,1H3/b9-5+,10-6+/t13-,15-/m0/s1. The number of hydrogen-bond donors (Lipinski definition) is 1. The fraction of sp³-hybridized carbons (Fsp3) is 0.188. The molecule has 1 heterocycles. The van der Waals surface area contributed by atoms with E-state index in [1.807, 2.05) is 49.4 Å². The zero-order chi connectivity index (χ0) is 12.8. The topological polar surface area (TPSA) is 29.1 Å². The van der Waals surface area contributed by atoms with E-state index < -0.39 is 0 Å². The molecule has 0 amide bonds. The molecule has 2 nitrogen and oxygen atoms in total. The van der Waals surface area contributed by atoms with E-state index in [2.05, 4.69) is 17.4 Å². The average Bonchev–Trinajstić information content (AvgIpc) is 2.40. The Labute approximate surface area is 108 Å². The van der Waals surface area contributed by atoms with Crippen LogP contribution in [0.25, 0.3) is 6.08 Å². The van der Waals surface area contributed by atoms with Crippen LogP contribution in [0.4, 0.5) is 0 Å². The zero-order valence-corrected chi connectivity index (χ0v) is 10.4. The third kappa shape index (κ3) is 3.20. The van der Waals surface area contributed by atoms with Crippen molar-refractivity contribution in [1.29, 1.82) is 0 Å². The molecule has 92 valence electrons. The van der Waals surface area contributed by atoms with Crippen LogP contribution in [0.15, 0.2) is 60.8 Å². The quantitative estimate of drug-likeness (QED) is 0.822. The van der Waals surface area contributed by atoms with Gasteiger partial charge in [-0.3, -0.25) is 4.79 Å². The fourth-order valence-electron chi connectivity index (χ4n) is 1.85. The Hall–Kier alpha value is -2.09. The second kappa shape index (κ2) is 6.01. The number of allylic oxidation sites excluding steroid dienone is 3. The molecule has 2 heteroatoms. The Balaban J connectivity index is 1.94. The van der Waals surface area contributed by atoms with Crippen LogP contribution in [0.2, 0.25) is 0 Å². The summed E-state index contributed by atoms with van der Waals surface area (Å²) in [5, 5.41) is 3.18. The van der Waals surface area contributed by atoms with E-state index >= 15 is 0 Å². The van der Waals surface area contributed by atoms with Crippen molar-refractivity contribution in [3.63, 3.8) is 0 Å². The molecule has 0 spiro atoms. The highest BCUT2D eigenvalue weighted by atomic mass is 16.1. The summed E-state index contributed by atoms with van der Waals surface area (Å²) in [7, 11) is 0. The van der Waals surface area contributed by atoms with Crippen molar-refractivity contribution in [1.82, 2.24) is 5.32 Å². The molecule has 0 aliphatic carbocycles. The van der Waals surface area contributed by atoms with Crippen LogP contribution in [0, 0.1) is 5.92 Å². The molecule has 0 bridgehead atoms. The number of hydrogen-bond acceptors (Lipinski definition) is 2. The highest BCUT2D eigenvalue weighted by Gasteiger charge is 2.21. The van der Waals surface area contributed by atoms with E-state index in [0.29, 0.717) is 0 Å². The van der Waals surface area contributed by atoms with Gasteiger partial charge >= 0.3 is 0 Å². The first-order valence-corrected chi connectivity index (χ1v) is 6.14. The second-order valence-electron chi connectivity index (χ2n) is 4.37. The zero-order valence-electron chi connectivity index (χ0n) is 10.4. The van der Waals surface area contributed by atoms with Crippen molar-refractivity contribution >= 4 is 11.9 Å². The van der Waals surface area contributed by atoms with Crippen LogP contribution < -0.4 is 5.32 Å². The minimum absolute atomic E-state index is 0.00336. The molecule has 1 aliphatic heterocycles. The van der Waals surface area contributed by atoms with Crippen molar-refractivity contribution < 1.29 is 4.79 Å². The van der Waals surface area contributed by atoms with Gasteiger partial charge in [-0.2, -0.15) is 0 Å². The summed E-state index contributed by atoms with van der Waals surface area (Å²) in [5.41, 5.74) is 1.17. The normalized spacial score (nSPS) is 23.7. The lowest BCUT2D eigenvalue weighted by Crippen LogP contribution is -2.37. The number of carbonyl (C=O) groups excluding carboxylic acids is 1. The lowest BCUT2D eigenvalue weighted by molar-refractivity contribution is -0.118. The van der Waals surface area contributed by atoms with Crippen molar-refractivity contribution in [2.75, 3.05) is 0 Å². The maximum absolute atomic E-state index is 11.5. The molecule has 2 rings (SSSR count). The minimum atomic E-state index is -0.00336. The molecule has 1 aromatic rings. The number of ketones is 1.